The zero-order valence-electron chi connectivity index (χ0n) is 9.62. The summed E-state index contributed by atoms with van der Waals surface area (Å²) < 4.78 is 0. The number of rotatable bonds is 4. The summed E-state index contributed by atoms with van der Waals surface area (Å²) >= 11 is 0. The third-order valence-electron chi connectivity index (χ3n) is 2.65. The summed E-state index contributed by atoms with van der Waals surface area (Å²) in [5.74, 6) is 0.865. The van der Waals surface area contributed by atoms with Crippen LogP contribution in [0, 0.1) is 5.92 Å². The molecular weight excluding hydrogens is 172 g/mol. The van der Waals surface area contributed by atoms with E-state index in [9.17, 15) is 0 Å². The summed E-state index contributed by atoms with van der Waals surface area (Å²) in [6.07, 6.45) is 8.97. The van der Waals surface area contributed by atoms with Gasteiger partial charge in [0.25, 0.3) is 0 Å². The van der Waals surface area contributed by atoms with Crippen molar-refractivity contribution < 1.29 is 0 Å². The highest BCUT2D eigenvalue weighted by Gasteiger charge is 2.22. The molecule has 0 aromatic heterocycles. The summed E-state index contributed by atoms with van der Waals surface area (Å²) in [5, 5.41) is 0. The van der Waals surface area contributed by atoms with Crippen molar-refractivity contribution in [2.75, 3.05) is 14.1 Å². The van der Waals surface area contributed by atoms with Gasteiger partial charge in [0.1, 0.15) is 0 Å². The Hall–Kier alpha value is -1.05. The first-order chi connectivity index (χ1) is 6.65. The summed E-state index contributed by atoms with van der Waals surface area (Å²) in [6.45, 7) is 4.31. The second kappa shape index (κ2) is 4.99. The van der Waals surface area contributed by atoms with E-state index in [1.165, 1.54) is 24.1 Å². The predicted molar refractivity (Wildman–Crippen MR) is 62.4 cm³/mol. The summed E-state index contributed by atoms with van der Waals surface area (Å²) in [6, 6.07) is 0. The van der Waals surface area contributed by atoms with E-state index in [0.717, 1.165) is 5.92 Å². The lowest BCUT2D eigenvalue weighted by atomic mass is 10.2. The van der Waals surface area contributed by atoms with Gasteiger partial charge in [0.15, 0.2) is 0 Å². The van der Waals surface area contributed by atoms with Gasteiger partial charge in [-0.1, -0.05) is 11.6 Å². The molecule has 1 rings (SSSR count). The molecule has 0 aliphatic heterocycles. The maximum absolute atomic E-state index is 3.97. The van der Waals surface area contributed by atoms with Crippen molar-refractivity contribution in [3.63, 3.8) is 0 Å². The van der Waals surface area contributed by atoms with Gasteiger partial charge < -0.3 is 4.90 Å². The number of aliphatic imine (C=N–C) groups is 1. The van der Waals surface area contributed by atoms with E-state index in [1.807, 2.05) is 18.3 Å². The second-order valence-corrected chi connectivity index (χ2v) is 3.98. The number of allylic oxidation sites excluding steroid dienone is 4. The van der Waals surface area contributed by atoms with E-state index in [1.54, 1.807) is 7.05 Å². The van der Waals surface area contributed by atoms with Crippen LogP contribution in [0.2, 0.25) is 0 Å². The fourth-order valence-corrected chi connectivity index (χ4v) is 1.31. The lowest BCUT2D eigenvalue weighted by molar-refractivity contribution is 0.645. The summed E-state index contributed by atoms with van der Waals surface area (Å²) in [7, 11) is 3.80. The van der Waals surface area contributed by atoms with Gasteiger partial charge in [-0.2, -0.15) is 0 Å². The Morgan fingerprint density at radius 1 is 1.29 bits per heavy atom. The van der Waals surface area contributed by atoms with Crippen molar-refractivity contribution in [1.82, 2.24) is 4.90 Å². The molecule has 0 bridgehead atoms. The molecule has 78 valence electrons. The van der Waals surface area contributed by atoms with E-state index in [-0.39, 0.29) is 0 Å². The van der Waals surface area contributed by atoms with Crippen molar-refractivity contribution in [2.45, 2.75) is 26.7 Å². The smallest absolute Gasteiger partial charge is 0.0885 e. The van der Waals surface area contributed by atoms with Crippen LogP contribution in [0.1, 0.15) is 26.7 Å². The van der Waals surface area contributed by atoms with Gasteiger partial charge in [-0.25, -0.2) is 0 Å². The molecule has 2 nitrogen and oxygen atoms in total. The van der Waals surface area contributed by atoms with Crippen LogP contribution in [-0.4, -0.2) is 25.3 Å². The molecule has 0 aromatic carbocycles. The highest BCUT2D eigenvalue weighted by atomic mass is 15.1. The third-order valence-corrected chi connectivity index (χ3v) is 2.65. The van der Waals surface area contributed by atoms with E-state index in [4.69, 9.17) is 0 Å². The second-order valence-electron chi connectivity index (χ2n) is 3.98. The van der Waals surface area contributed by atoms with Crippen LogP contribution in [0.5, 0.6) is 0 Å². The molecule has 0 heterocycles. The van der Waals surface area contributed by atoms with Crippen molar-refractivity contribution in [2.24, 2.45) is 10.9 Å². The van der Waals surface area contributed by atoms with E-state index in [0.29, 0.717) is 0 Å². The lowest BCUT2D eigenvalue weighted by Gasteiger charge is -2.12. The van der Waals surface area contributed by atoms with Gasteiger partial charge in [0.05, 0.1) is 6.34 Å². The van der Waals surface area contributed by atoms with Crippen LogP contribution in [-0.2, 0) is 0 Å². The fourth-order valence-electron chi connectivity index (χ4n) is 1.31. The maximum atomic E-state index is 3.97. The Labute approximate surface area is 87.0 Å². The molecular formula is C12H20N2. The average Bonchev–Trinajstić information content (AvgIpc) is 2.97. The number of nitrogens with zero attached hydrogens (tertiary/aromatic N) is 2. The topological polar surface area (TPSA) is 15.6 Å². The van der Waals surface area contributed by atoms with E-state index < -0.39 is 0 Å². The zero-order chi connectivity index (χ0) is 10.6. The van der Waals surface area contributed by atoms with Crippen LogP contribution in [0.25, 0.3) is 0 Å². The standard InChI is InChI=1S/C12H20N2/c1-10(12-7-8-12)5-6-11(2)14(4)9-13-3/h5-6,9,12H,7-8H2,1-4H3. The monoisotopic (exact) mass is 192 g/mol. The summed E-state index contributed by atoms with van der Waals surface area (Å²) in [5.41, 5.74) is 2.72. The molecule has 0 unspecified atom stereocenters. The molecule has 0 aromatic rings. The van der Waals surface area contributed by atoms with Crippen molar-refractivity contribution in [1.29, 1.82) is 0 Å². The molecule has 0 saturated heterocycles. The Kier molecular flexibility index (Phi) is 3.93. The molecule has 1 aliphatic carbocycles. The Morgan fingerprint density at radius 2 is 1.93 bits per heavy atom. The van der Waals surface area contributed by atoms with Crippen molar-refractivity contribution in [3.8, 4) is 0 Å². The maximum Gasteiger partial charge on any atom is 0.0885 e. The molecule has 1 fully saturated rings. The number of hydrogen-bond donors (Lipinski definition) is 0. The predicted octanol–water partition coefficient (Wildman–Crippen LogP) is 2.84. The van der Waals surface area contributed by atoms with Gasteiger partial charge in [-0.05, 0) is 38.7 Å². The minimum Gasteiger partial charge on any atom is -0.340 e. The third kappa shape index (κ3) is 3.36. The Bertz CT molecular complexity index is 270. The van der Waals surface area contributed by atoms with Gasteiger partial charge in [0.2, 0.25) is 0 Å². The molecule has 0 amide bonds. The largest absolute Gasteiger partial charge is 0.340 e. The quantitative estimate of drug-likeness (QED) is 0.380. The van der Waals surface area contributed by atoms with Gasteiger partial charge >= 0.3 is 0 Å². The van der Waals surface area contributed by atoms with Crippen LogP contribution in [0.4, 0.5) is 0 Å². The van der Waals surface area contributed by atoms with Crippen molar-refractivity contribution >= 4 is 6.34 Å². The molecule has 1 saturated carbocycles. The molecule has 0 N–H and O–H groups in total. The van der Waals surface area contributed by atoms with E-state index >= 15 is 0 Å². The van der Waals surface area contributed by atoms with Crippen molar-refractivity contribution in [3.05, 3.63) is 23.4 Å². The minimum atomic E-state index is 0.865. The summed E-state index contributed by atoms with van der Waals surface area (Å²) in [4.78, 5) is 6.00. The first kappa shape index (κ1) is 11.0. The minimum absolute atomic E-state index is 0.865. The van der Waals surface area contributed by atoms with Crippen LogP contribution < -0.4 is 0 Å². The van der Waals surface area contributed by atoms with Gasteiger partial charge in [-0.3, -0.25) is 4.99 Å². The number of hydrogen-bond acceptors (Lipinski definition) is 1. The highest BCUT2D eigenvalue weighted by Crippen LogP contribution is 2.35. The molecule has 14 heavy (non-hydrogen) atoms. The molecule has 0 radical (unpaired) electrons. The molecule has 0 spiro atoms. The van der Waals surface area contributed by atoms with Gasteiger partial charge in [0, 0.05) is 19.8 Å². The first-order valence-corrected chi connectivity index (χ1v) is 5.15. The molecule has 2 heteroatoms. The molecule has 1 aliphatic rings. The van der Waals surface area contributed by atoms with Crippen LogP contribution in [0.15, 0.2) is 28.4 Å². The normalized spacial score (nSPS) is 19.1. The zero-order valence-corrected chi connectivity index (χ0v) is 9.62. The lowest BCUT2D eigenvalue weighted by Crippen LogP contribution is -2.12. The van der Waals surface area contributed by atoms with E-state index in [2.05, 4.69) is 31.0 Å². The van der Waals surface area contributed by atoms with Gasteiger partial charge in [-0.15, -0.1) is 0 Å². The highest BCUT2D eigenvalue weighted by molar-refractivity contribution is 5.57. The van der Waals surface area contributed by atoms with Crippen LogP contribution >= 0.6 is 0 Å². The molecule has 0 atom stereocenters. The fraction of sp³-hybridized carbons (Fsp3) is 0.583. The average molecular weight is 192 g/mol. The SMILES string of the molecule is CN=CN(C)C(C)=CC=C(C)C1CC1. The first-order valence-electron chi connectivity index (χ1n) is 5.15. The van der Waals surface area contributed by atoms with Crippen LogP contribution in [0.3, 0.4) is 0 Å². The Morgan fingerprint density at radius 3 is 2.43 bits per heavy atom. The Balaban J connectivity index is 2.53.